The van der Waals surface area contributed by atoms with E-state index >= 15 is 0 Å². The third kappa shape index (κ3) is 3.50. The fraction of sp³-hybridized carbons (Fsp3) is 0.500. The molecule has 1 aromatic rings. The van der Waals surface area contributed by atoms with Gasteiger partial charge in [0.2, 0.25) is 0 Å². The summed E-state index contributed by atoms with van der Waals surface area (Å²) in [6, 6.07) is 5.22. The molecular formula is C16H20O6. The molecule has 0 unspecified atom stereocenters. The molecule has 0 radical (unpaired) electrons. The van der Waals surface area contributed by atoms with Crippen LogP contribution >= 0.6 is 0 Å². The lowest BCUT2D eigenvalue weighted by Crippen LogP contribution is -2.26. The summed E-state index contributed by atoms with van der Waals surface area (Å²) in [5.74, 6) is -1.36. The fourth-order valence-electron chi connectivity index (χ4n) is 2.76. The van der Waals surface area contributed by atoms with Gasteiger partial charge in [-0.1, -0.05) is 6.42 Å². The number of aliphatic carboxylic acids is 1. The van der Waals surface area contributed by atoms with Crippen molar-refractivity contribution in [3.05, 3.63) is 23.8 Å². The van der Waals surface area contributed by atoms with Crippen molar-refractivity contribution < 1.29 is 28.9 Å². The topological polar surface area (TPSA) is 82.1 Å². The first-order valence-electron chi connectivity index (χ1n) is 7.17. The van der Waals surface area contributed by atoms with Gasteiger partial charge in [-0.15, -0.1) is 0 Å². The van der Waals surface area contributed by atoms with Gasteiger partial charge in [0.05, 0.1) is 26.1 Å². The number of rotatable bonds is 6. The molecule has 120 valence electrons. The number of carbonyl (C=O) groups is 2. The van der Waals surface area contributed by atoms with Crippen LogP contribution in [0.5, 0.6) is 11.5 Å². The lowest BCUT2D eigenvalue weighted by atomic mass is 9.96. The van der Waals surface area contributed by atoms with E-state index in [0.29, 0.717) is 29.9 Å². The molecule has 0 aromatic heterocycles. The Labute approximate surface area is 129 Å². The molecule has 6 nitrogen and oxygen atoms in total. The van der Waals surface area contributed by atoms with Crippen LogP contribution in [0.25, 0.3) is 0 Å². The van der Waals surface area contributed by atoms with Crippen molar-refractivity contribution in [3.8, 4) is 11.5 Å². The van der Waals surface area contributed by atoms with Crippen LogP contribution in [0.2, 0.25) is 0 Å². The Balaban J connectivity index is 2.00. The van der Waals surface area contributed by atoms with Crippen LogP contribution in [0, 0.1) is 11.8 Å². The zero-order chi connectivity index (χ0) is 16.1. The number of ether oxygens (including phenoxy) is 3. The standard InChI is InChI=1S/C16H20O6/c1-20-11-7-6-10(14(8-11)21-2)9-22-16(19)13-5-3-4-12(13)15(17)18/h6-8,12-13H,3-5,9H2,1-2H3,(H,17,18)/t12-,13-/m1/s1. The van der Waals surface area contributed by atoms with Crippen LogP contribution in [0.15, 0.2) is 18.2 Å². The molecule has 0 heterocycles. The van der Waals surface area contributed by atoms with Crippen molar-refractivity contribution in [1.29, 1.82) is 0 Å². The minimum atomic E-state index is -0.929. The predicted molar refractivity (Wildman–Crippen MR) is 77.8 cm³/mol. The highest BCUT2D eigenvalue weighted by molar-refractivity contribution is 5.81. The maximum atomic E-state index is 12.1. The molecule has 0 amide bonds. The molecular weight excluding hydrogens is 288 g/mol. The van der Waals surface area contributed by atoms with E-state index in [1.165, 1.54) is 7.11 Å². The molecule has 1 fully saturated rings. The minimum Gasteiger partial charge on any atom is -0.497 e. The summed E-state index contributed by atoms with van der Waals surface area (Å²) in [5.41, 5.74) is 0.710. The molecule has 0 aliphatic heterocycles. The van der Waals surface area contributed by atoms with Crippen molar-refractivity contribution >= 4 is 11.9 Å². The average Bonchev–Trinajstić information content (AvgIpc) is 3.02. The molecule has 1 aliphatic rings. The number of carbonyl (C=O) groups excluding carboxylic acids is 1. The average molecular weight is 308 g/mol. The molecule has 1 aliphatic carbocycles. The van der Waals surface area contributed by atoms with Crippen LogP contribution in [0.4, 0.5) is 0 Å². The summed E-state index contributed by atoms with van der Waals surface area (Å²) >= 11 is 0. The second-order valence-corrected chi connectivity index (χ2v) is 5.27. The lowest BCUT2D eigenvalue weighted by Gasteiger charge is -2.16. The third-order valence-corrected chi connectivity index (χ3v) is 4.00. The van der Waals surface area contributed by atoms with Crippen LogP contribution in [0.3, 0.4) is 0 Å². The maximum Gasteiger partial charge on any atom is 0.310 e. The Hall–Kier alpha value is -2.24. The van der Waals surface area contributed by atoms with Crippen LogP contribution in [-0.2, 0) is 20.9 Å². The Kier molecular flexibility index (Phi) is 5.25. The van der Waals surface area contributed by atoms with E-state index in [9.17, 15) is 9.59 Å². The van der Waals surface area contributed by atoms with Crippen LogP contribution in [-0.4, -0.2) is 31.3 Å². The first-order valence-corrected chi connectivity index (χ1v) is 7.17. The fourth-order valence-corrected chi connectivity index (χ4v) is 2.76. The molecule has 1 N–H and O–H groups in total. The van der Waals surface area contributed by atoms with Gasteiger partial charge in [0, 0.05) is 11.6 Å². The summed E-state index contributed by atoms with van der Waals surface area (Å²) in [6.45, 7) is 0.0504. The molecule has 0 saturated heterocycles. The zero-order valence-corrected chi connectivity index (χ0v) is 12.7. The van der Waals surface area contributed by atoms with Crippen molar-refractivity contribution in [1.82, 2.24) is 0 Å². The molecule has 2 rings (SSSR count). The number of esters is 1. The Bertz CT molecular complexity index is 554. The van der Waals surface area contributed by atoms with E-state index in [1.54, 1.807) is 25.3 Å². The molecule has 6 heteroatoms. The van der Waals surface area contributed by atoms with Gasteiger partial charge in [-0.25, -0.2) is 0 Å². The molecule has 1 aromatic carbocycles. The van der Waals surface area contributed by atoms with Crippen molar-refractivity contribution in [2.45, 2.75) is 25.9 Å². The van der Waals surface area contributed by atoms with Gasteiger partial charge in [-0.05, 0) is 25.0 Å². The van der Waals surface area contributed by atoms with Gasteiger partial charge in [0.15, 0.2) is 0 Å². The van der Waals surface area contributed by atoms with Gasteiger partial charge in [-0.2, -0.15) is 0 Å². The molecule has 1 saturated carbocycles. The number of carboxylic acids is 1. The van der Waals surface area contributed by atoms with Crippen molar-refractivity contribution in [2.24, 2.45) is 11.8 Å². The van der Waals surface area contributed by atoms with Crippen LogP contribution in [0.1, 0.15) is 24.8 Å². The summed E-state index contributed by atoms with van der Waals surface area (Å²) in [5, 5.41) is 9.12. The lowest BCUT2D eigenvalue weighted by molar-refractivity contribution is -0.157. The van der Waals surface area contributed by atoms with E-state index < -0.39 is 23.8 Å². The number of hydrogen-bond donors (Lipinski definition) is 1. The smallest absolute Gasteiger partial charge is 0.310 e. The quantitative estimate of drug-likeness (QED) is 0.812. The maximum absolute atomic E-state index is 12.1. The number of hydrogen-bond acceptors (Lipinski definition) is 5. The summed E-state index contributed by atoms with van der Waals surface area (Å²) in [7, 11) is 3.08. The monoisotopic (exact) mass is 308 g/mol. The van der Waals surface area contributed by atoms with E-state index in [0.717, 1.165) is 6.42 Å². The molecule has 0 bridgehead atoms. The second-order valence-electron chi connectivity index (χ2n) is 5.27. The summed E-state index contributed by atoms with van der Waals surface area (Å²) in [6.07, 6.45) is 1.83. The first kappa shape index (κ1) is 16.1. The van der Waals surface area contributed by atoms with Gasteiger partial charge in [-0.3, -0.25) is 9.59 Å². The van der Waals surface area contributed by atoms with Gasteiger partial charge in [0.1, 0.15) is 18.1 Å². The normalized spacial score (nSPS) is 20.5. The first-order chi connectivity index (χ1) is 10.6. The van der Waals surface area contributed by atoms with Crippen molar-refractivity contribution in [3.63, 3.8) is 0 Å². The predicted octanol–water partition coefficient (Wildman–Crippen LogP) is 2.25. The number of methoxy groups -OCH3 is 2. The summed E-state index contributed by atoms with van der Waals surface area (Å²) in [4.78, 5) is 23.2. The Morgan fingerprint density at radius 3 is 2.55 bits per heavy atom. The van der Waals surface area contributed by atoms with E-state index in [-0.39, 0.29) is 6.61 Å². The molecule has 0 spiro atoms. The number of carboxylic acid groups (broad SMARTS) is 1. The van der Waals surface area contributed by atoms with Gasteiger partial charge < -0.3 is 19.3 Å². The van der Waals surface area contributed by atoms with E-state index in [2.05, 4.69) is 0 Å². The highest BCUT2D eigenvalue weighted by atomic mass is 16.5. The van der Waals surface area contributed by atoms with Gasteiger partial charge >= 0.3 is 11.9 Å². The molecule has 2 atom stereocenters. The highest BCUT2D eigenvalue weighted by Gasteiger charge is 2.38. The van der Waals surface area contributed by atoms with Crippen molar-refractivity contribution in [2.75, 3.05) is 14.2 Å². The van der Waals surface area contributed by atoms with E-state index in [1.807, 2.05) is 0 Å². The van der Waals surface area contributed by atoms with Crippen LogP contribution < -0.4 is 9.47 Å². The highest BCUT2D eigenvalue weighted by Crippen LogP contribution is 2.33. The van der Waals surface area contributed by atoms with E-state index in [4.69, 9.17) is 19.3 Å². The SMILES string of the molecule is COc1ccc(COC(=O)[C@@H]2CCC[C@H]2C(=O)O)c(OC)c1. The minimum absolute atomic E-state index is 0.0504. The zero-order valence-electron chi connectivity index (χ0n) is 12.7. The summed E-state index contributed by atoms with van der Waals surface area (Å²) < 4.78 is 15.6. The molecule has 22 heavy (non-hydrogen) atoms. The largest absolute Gasteiger partial charge is 0.497 e. The Morgan fingerprint density at radius 2 is 1.91 bits per heavy atom. The van der Waals surface area contributed by atoms with Gasteiger partial charge in [0.25, 0.3) is 0 Å². The number of benzene rings is 1. The third-order valence-electron chi connectivity index (χ3n) is 4.00. The second kappa shape index (κ2) is 7.15. The Morgan fingerprint density at radius 1 is 1.18 bits per heavy atom.